The van der Waals surface area contributed by atoms with E-state index in [0.717, 1.165) is 15.4 Å². The number of hydrogen-bond donors (Lipinski definition) is 1. The Morgan fingerprint density at radius 1 is 1.10 bits per heavy atom. The number of carbonyl (C=O) groups is 2. The van der Waals surface area contributed by atoms with Crippen LogP contribution in [0.3, 0.4) is 0 Å². The van der Waals surface area contributed by atoms with Gasteiger partial charge in [-0.2, -0.15) is 4.31 Å². The minimum atomic E-state index is -3.88. The SMILES string of the molecule is CC(=O)Nc1ccc(S(=O)(=O)N(C)CC(=O)Oc2ccc(C(C)C)c(C)c2)cc1. The van der Waals surface area contributed by atoms with Crippen LogP contribution in [0.25, 0.3) is 0 Å². The normalized spacial score (nSPS) is 11.6. The molecule has 1 N–H and O–H groups in total. The van der Waals surface area contributed by atoms with E-state index in [1.165, 1.54) is 38.2 Å². The molecule has 8 heteroatoms. The topological polar surface area (TPSA) is 92.8 Å². The first kappa shape index (κ1) is 22.6. The summed E-state index contributed by atoms with van der Waals surface area (Å²) in [5.41, 5.74) is 2.65. The lowest BCUT2D eigenvalue weighted by molar-refractivity contribution is -0.134. The number of amides is 1. The van der Waals surface area contributed by atoms with E-state index in [1.807, 2.05) is 13.0 Å². The molecule has 7 nitrogen and oxygen atoms in total. The molecule has 0 spiro atoms. The van der Waals surface area contributed by atoms with Gasteiger partial charge in [-0.05, 0) is 60.4 Å². The Hall–Kier alpha value is -2.71. The van der Waals surface area contributed by atoms with Gasteiger partial charge in [0.05, 0.1) is 4.90 Å². The molecule has 0 aliphatic heterocycles. The van der Waals surface area contributed by atoms with Crippen LogP contribution in [0, 0.1) is 6.92 Å². The molecular formula is C21H26N2O5S. The van der Waals surface area contributed by atoms with E-state index in [2.05, 4.69) is 19.2 Å². The minimum absolute atomic E-state index is 0.0130. The van der Waals surface area contributed by atoms with E-state index in [9.17, 15) is 18.0 Å². The van der Waals surface area contributed by atoms with Gasteiger partial charge in [-0.25, -0.2) is 8.42 Å². The number of rotatable bonds is 7. The second-order valence-corrected chi connectivity index (χ2v) is 9.16. The highest BCUT2D eigenvalue weighted by atomic mass is 32.2. The number of likely N-dealkylation sites (N-methyl/N-ethyl adjacent to an activating group) is 1. The predicted octanol–water partition coefficient (Wildman–Crippen LogP) is 3.30. The zero-order chi connectivity index (χ0) is 21.8. The van der Waals surface area contributed by atoms with Crippen LogP contribution in [-0.4, -0.2) is 38.2 Å². The lowest BCUT2D eigenvalue weighted by Crippen LogP contribution is -2.34. The molecule has 0 aliphatic carbocycles. The molecule has 0 atom stereocenters. The number of hydrogen-bond acceptors (Lipinski definition) is 5. The molecule has 2 aromatic rings. The van der Waals surface area contributed by atoms with Crippen molar-refractivity contribution in [3.8, 4) is 5.75 Å². The van der Waals surface area contributed by atoms with Gasteiger partial charge in [0.1, 0.15) is 12.3 Å². The highest BCUT2D eigenvalue weighted by Gasteiger charge is 2.24. The first-order valence-electron chi connectivity index (χ1n) is 9.16. The molecule has 2 rings (SSSR count). The van der Waals surface area contributed by atoms with Crippen molar-refractivity contribution in [2.45, 2.75) is 38.5 Å². The number of carbonyl (C=O) groups excluding carboxylic acids is 2. The van der Waals surface area contributed by atoms with Crippen molar-refractivity contribution in [1.82, 2.24) is 4.31 Å². The number of esters is 1. The Labute approximate surface area is 171 Å². The maximum atomic E-state index is 12.7. The Kier molecular flexibility index (Phi) is 7.16. The first-order chi connectivity index (χ1) is 13.5. The third kappa shape index (κ3) is 5.88. The highest BCUT2D eigenvalue weighted by Crippen LogP contribution is 2.24. The van der Waals surface area contributed by atoms with E-state index >= 15 is 0 Å². The molecule has 29 heavy (non-hydrogen) atoms. The molecule has 1 amide bonds. The summed E-state index contributed by atoms with van der Waals surface area (Å²) in [5.74, 6) is -0.199. The number of aryl methyl sites for hydroxylation is 1. The second-order valence-electron chi connectivity index (χ2n) is 7.11. The zero-order valence-electron chi connectivity index (χ0n) is 17.2. The fourth-order valence-corrected chi connectivity index (χ4v) is 4.00. The van der Waals surface area contributed by atoms with Crippen LogP contribution in [0.2, 0.25) is 0 Å². The van der Waals surface area contributed by atoms with Gasteiger partial charge in [0.15, 0.2) is 0 Å². The maximum Gasteiger partial charge on any atom is 0.326 e. The number of benzene rings is 2. The van der Waals surface area contributed by atoms with Crippen molar-refractivity contribution in [3.63, 3.8) is 0 Å². The summed E-state index contributed by atoms with van der Waals surface area (Å²) in [6.07, 6.45) is 0. The molecule has 0 saturated heterocycles. The van der Waals surface area contributed by atoms with Crippen molar-refractivity contribution in [3.05, 3.63) is 53.6 Å². The number of nitrogens with zero attached hydrogens (tertiary/aromatic N) is 1. The number of nitrogens with one attached hydrogen (secondary N) is 1. The zero-order valence-corrected chi connectivity index (χ0v) is 18.0. The summed E-state index contributed by atoms with van der Waals surface area (Å²) in [6, 6.07) is 11.1. The van der Waals surface area contributed by atoms with Crippen molar-refractivity contribution in [2.75, 3.05) is 18.9 Å². The fourth-order valence-electron chi connectivity index (χ4n) is 2.88. The van der Waals surface area contributed by atoms with Gasteiger partial charge in [-0.15, -0.1) is 0 Å². The lowest BCUT2D eigenvalue weighted by atomic mass is 9.98. The molecule has 156 valence electrons. The molecule has 0 saturated carbocycles. The summed E-state index contributed by atoms with van der Waals surface area (Å²) in [4.78, 5) is 23.3. The average Bonchev–Trinajstić information content (AvgIpc) is 2.61. The second kappa shape index (κ2) is 9.19. The van der Waals surface area contributed by atoms with Crippen LogP contribution in [0.5, 0.6) is 5.75 Å². The van der Waals surface area contributed by atoms with Crippen LogP contribution < -0.4 is 10.1 Å². The Morgan fingerprint density at radius 3 is 2.24 bits per heavy atom. The van der Waals surface area contributed by atoms with Crippen LogP contribution in [0.15, 0.2) is 47.4 Å². The van der Waals surface area contributed by atoms with E-state index in [0.29, 0.717) is 17.4 Å². The molecule has 0 unspecified atom stereocenters. The molecule has 2 aromatic carbocycles. The molecule has 0 bridgehead atoms. The largest absolute Gasteiger partial charge is 0.426 e. The van der Waals surface area contributed by atoms with Crippen molar-refractivity contribution in [2.24, 2.45) is 0 Å². The van der Waals surface area contributed by atoms with Gasteiger partial charge in [0.2, 0.25) is 15.9 Å². The Bertz CT molecular complexity index is 998. The van der Waals surface area contributed by atoms with Gasteiger partial charge < -0.3 is 10.1 Å². The Morgan fingerprint density at radius 2 is 1.72 bits per heavy atom. The van der Waals surface area contributed by atoms with E-state index in [1.54, 1.807) is 12.1 Å². The summed E-state index contributed by atoms with van der Waals surface area (Å²) in [7, 11) is -2.57. The van der Waals surface area contributed by atoms with E-state index < -0.39 is 22.5 Å². The van der Waals surface area contributed by atoms with Crippen LogP contribution in [0.4, 0.5) is 5.69 Å². The molecule has 0 aliphatic rings. The summed E-state index contributed by atoms with van der Waals surface area (Å²) < 4.78 is 31.5. The van der Waals surface area contributed by atoms with Crippen molar-refractivity contribution < 1.29 is 22.7 Å². The molecular weight excluding hydrogens is 392 g/mol. The summed E-state index contributed by atoms with van der Waals surface area (Å²) in [6.45, 7) is 7.03. The van der Waals surface area contributed by atoms with Crippen molar-refractivity contribution >= 4 is 27.6 Å². The van der Waals surface area contributed by atoms with Gasteiger partial charge in [0.25, 0.3) is 0 Å². The lowest BCUT2D eigenvalue weighted by Gasteiger charge is -2.17. The number of sulfonamides is 1. The smallest absolute Gasteiger partial charge is 0.326 e. The average molecular weight is 419 g/mol. The minimum Gasteiger partial charge on any atom is -0.426 e. The molecule has 0 fully saturated rings. The third-order valence-electron chi connectivity index (χ3n) is 4.33. The number of anilines is 1. The van der Waals surface area contributed by atoms with Crippen molar-refractivity contribution in [1.29, 1.82) is 0 Å². The van der Waals surface area contributed by atoms with Crippen LogP contribution in [0.1, 0.15) is 37.8 Å². The molecule has 0 aromatic heterocycles. The van der Waals surface area contributed by atoms with E-state index in [4.69, 9.17) is 4.74 Å². The number of ether oxygens (including phenoxy) is 1. The maximum absolute atomic E-state index is 12.7. The predicted molar refractivity (Wildman–Crippen MR) is 111 cm³/mol. The molecule has 0 radical (unpaired) electrons. The van der Waals surface area contributed by atoms with Crippen LogP contribution >= 0.6 is 0 Å². The third-order valence-corrected chi connectivity index (χ3v) is 6.15. The highest BCUT2D eigenvalue weighted by molar-refractivity contribution is 7.89. The quantitative estimate of drug-likeness (QED) is 0.550. The summed E-state index contributed by atoms with van der Waals surface area (Å²) >= 11 is 0. The summed E-state index contributed by atoms with van der Waals surface area (Å²) in [5, 5.41) is 2.57. The van der Waals surface area contributed by atoms with Gasteiger partial charge in [0, 0.05) is 19.7 Å². The van der Waals surface area contributed by atoms with Gasteiger partial charge in [-0.3, -0.25) is 9.59 Å². The standard InChI is InChI=1S/C21H26N2O5S/c1-14(2)20-11-8-18(12-15(20)3)28-21(25)13-23(5)29(26,27)19-9-6-17(7-10-19)22-16(4)24/h6-12,14H,13H2,1-5H3,(H,22,24). The van der Waals surface area contributed by atoms with Gasteiger partial charge in [-0.1, -0.05) is 19.9 Å². The van der Waals surface area contributed by atoms with Crippen LogP contribution in [-0.2, 0) is 19.6 Å². The molecule has 0 heterocycles. The van der Waals surface area contributed by atoms with Gasteiger partial charge >= 0.3 is 5.97 Å². The fraction of sp³-hybridized carbons (Fsp3) is 0.333. The van der Waals surface area contributed by atoms with E-state index in [-0.39, 0.29) is 10.8 Å². The monoisotopic (exact) mass is 418 g/mol. The Balaban J connectivity index is 2.06. The first-order valence-corrected chi connectivity index (χ1v) is 10.6.